The maximum absolute atomic E-state index is 5.67. The van der Waals surface area contributed by atoms with Gasteiger partial charge in [-0.1, -0.05) is 18.2 Å². The topological polar surface area (TPSA) is 12.5 Å². The van der Waals surface area contributed by atoms with E-state index in [-0.39, 0.29) is 6.23 Å². The number of hydrogen-bond acceptors (Lipinski definition) is 2. The van der Waals surface area contributed by atoms with Gasteiger partial charge in [0.2, 0.25) is 0 Å². The van der Waals surface area contributed by atoms with Gasteiger partial charge in [0, 0.05) is 12.1 Å². The first-order valence-electron chi connectivity index (χ1n) is 4.22. The normalized spacial score (nSPS) is 23.0. The average Bonchev–Trinajstić information content (AvgIpc) is 2.07. The summed E-state index contributed by atoms with van der Waals surface area (Å²) >= 11 is 0. The van der Waals surface area contributed by atoms with E-state index in [9.17, 15) is 0 Å². The zero-order chi connectivity index (χ0) is 8.55. The predicted octanol–water partition coefficient (Wildman–Crippen LogP) is 1.86. The van der Waals surface area contributed by atoms with Crippen LogP contribution in [0, 0.1) is 0 Å². The number of fused-ring (bicyclic) bond motifs is 1. The summed E-state index contributed by atoms with van der Waals surface area (Å²) in [6.07, 6.45) is 0.194. The lowest BCUT2D eigenvalue weighted by molar-refractivity contribution is 0.0341. The van der Waals surface area contributed by atoms with Gasteiger partial charge in [0.25, 0.3) is 0 Å². The summed E-state index contributed by atoms with van der Waals surface area (Å²) in [6, 6.07) is 8.19. The van der Waals surface area contributed by atoms with Gasteiger partial charge in [-0.25, -0.2) is 0 Å². The van der Waals surface area contributed by atoms with E-state index < -0.39 is 0 Å². The standard InChI is InChI=1S/C10H13NO/c1-8-11(2)7-9-5-3-4-6-10(9)12-8/h3-6,8H,7H2,1-2H3. The fraction of sp³-hybridized carbons (Fsp3) is 0.400. The molecule has 1 unspecified atom stereocenters. The Morgan fingerprint density at radius 1 is 1.42 bits per heavy atom. The highest BCUT2D eigenvalue weighted by atomic mass is 16.5. The molecule has 1 heterocycles. The molecule has 0 radical (unpaired) electrons. The monoisotopic (exact) mass is 163 g/mol. The van der Waals surface area contributed by atoms with Gasteiger partial charge < -0.3 is 4.74 Å². The van der Waals surface area contributed by atoms with Gasteiger partial charge in [0.05, 0.1) is 0 Å². The van der Waals surface area contributed by atoms with Crippen LogP contribution < -0.4 is 4.74 Å². The predicted molar refractivity (Wildman–Crippen MR) is 48.0 cm³/mol. The molecule has 0 aliphatic carbocycles. The molecular weight excluding hydrogens is 150 g/mol. The molecule has 1 aromatic carbocycles. The molecule has 1 aliphatic heterocycles. The summed E-state index contributed by atoms with van der Waals surface area (Å²) in [4.78, 5) is 2.18. The quantitative estimate of drug-likeness (QED) is 0.578. The number of benzene rings is 1. The molecule has 0 saturated carbocycles. The average molecular weight is 163 g/mol. The van der Waals surface area contributed by atoms with E-state index in [0.717, 1.165) is 12.3 Å². The Kier molecular flexibility index (Phi) is 1.77. The number of para-hydroxylation sites is 1. The van der Waals surface area contributed by atoms with Crippen molar-refractivity contribution < 1.29 is 4.74 Å². The molecule has 2 nitrogen and oxygen atoms in total. The van der Waals surface area contributed by atoms with Crippen molar-refractivity contribution in [2.24, 2.45) is 0 Å². The van der Waals surface area contributed by atoms with Crippen molar-refractivity contribution in [3.05, 3.63) is 29.8 Å². The van der Waals surface area contributed by atoms with Crippen molar-refractivity contribution in [2.45, 2.75) is 19.7 Å². The lowest BCUT2D eigenvalue weighted by Crippen LogP contribution is -2.37. The molecule has 0 amide bonds. The van der Waals surface area contributed by atoms with Crippen LogP contribution in [0.1, 0.15) is 12.5 Å². The minimum Gasteiger partial charge on any atom is -0.475 e. The van der Waals surface area contributed by atoms with Crippen molar-refractivity contribution in [1.29, 1.82) is 0 Å². The summed E-state index contributed by atoms with van der Waals surface area (Å²) in [5.74, 6) is 1.03. The van der Waals surface area contributed by atoms with Crippen molar-refractivity contribution >= 4 is 0 Å². The van der Waals surface area contributed by atoms with E-state index in [1.807, 2.05) is 18.2 Å². The molecule has 0 N–H and O–H groups in total. The van der Waals surface area contributed by atoms with Gasteiger partial charge in [0.1, 0.15) is 12.0 Å². The second kappa shape index (κ2) is 2.79. The maximum atomic E-state index is 5.67. The highest BCUT2D eigenvalue weighted by Crippen LogP contribution is 2.25. The molecule has 1 aliphatic rings. The molecule has 0 bridgehead atoms. The third-order valence-electron chi connectivity index (χ3n) is 2.31. The lowest BCUT2D eigenvalue weighted by Gasteiger charge is -2.31. The minimum atomic E-state index is 0.194. The second-order valence-electron chi connectivity index (χ2n) is 3.24. The first-order chi connectivity index (χ1) is 5.77. The van der Waals surface area contributed by atoms with Crippen LogP contribution in [0.25, 0.3) is 0 Å². The van der Waals surface area contributed by atoms with E-state index in [1.54, 1.807) is 0 Å². The highest BCUT2D eigenvalue weighted by molar-refractivity contribution is 5.34. The van der Waals surface area contributed by atoms with Gasteiger partial charge in [-0.15, -0.1) is 0 Å². The molecule has 1 aromatic rings. The third-order valence-corrected chi connectivity index (χ3v) is 2.31. The summed E-state index contributed by atoms with van der Waals surface area (Å²) in [5.41, 5.74) is 1.28. The van der Waals surface area contributed by atoms with Crippen molar-refractivity contribution in [2.75, 3.05) is 7.05 Å². The Morgan fingerprint density at radius 2 is 2.17 bits per heavy atom. The van der Waals surface area contributed by atoms with E-state index >= 15 is 0 Å². The largest absolute Gasteiger partial charge is 0.475 e. The highest BCUT2D eigenvalue weighted by Gasteiger charge is 2.19. The van der Waals surface area contributed by atoms with Crippen LogP contribution in [0.15, 0.2) is 24.3 Å². The van der Waals surface area contributed by atoms with Crippen molar-refractivity contribution in [3.8, 4) is 5.75 Å². The molecule has 12 heavy (non-hydrogen) atoms. The van der Waals surface area contributed by atoms with Gasteiger partial charge in [-0.3, -0.25) is 4.90 Å². The molecule has 2 rings (SSSR count). The Morgan fingerprint density at radius 3 is 3.00 bits per heavy atom. The third kappa shape index (κ3) is 1.18. The Hall–Kier alpha value is -1.02. The van der Waals surface area contributed by atoms with Crippen LogP contribution in [-0.2, 0) is 6.54 Å². The number of nitrogens with zero attached hydrogens (tertiary/aromatic N) is 1. The van der Waals surface area contributed by atoms with Crippen molar-refractivity contribution in [3.63, 3.8) is 0 Å². The fourth-order valence-electron chi connectivity index (χ4n) is 1.42. The number of ether oxygens (including phenoxy) is 1. The number of rotatable bonds is 0. The van der Waals surface area contributed by atoms with Crippen LogP contribution in [0.4, 0.5) is 0 Å². The van der Waals surface area contributed by atoms with E-state index in [2.05, 4.69) is 24.9 Å². The first-order valence-corrected chi connectivity index (χ1v) is 4.22. The molecule has 64 valence electrons. The Balaban J connectivity index is 2.34. The van der Waals surface area contributed by atoms with Gasteiger partial charge in [-0.05, 0) is 20.0 Å². The van der Waals surface area contributed by atoms with Crippen LogP contribution in [0.2, 0.25) is 0 Å². The zero-order valence-corrected chi connectivity index (χ0v) is 7.45. The van der Waals surface area contributed by atoms with Crippen molar-refractivity contribution in [1.82, 2.24) is 4.90 Å². The van der Waals surface area contributed by atoms with E-state index in [1.165, 1.54) is 5.56 Å². The van der Waals surface area contributed by atoms with Gasteiger partial charge in [0.15, 0.2) is 0 Å². The Labute approximate surface area is 72.8 Å². The van der Waals surface area contributed by atoms with Crippen LogP contribution >= 0.6 is 0 Å². The van der Waals surface area contributed by atoms with E-state index in [4.69, 9.17) is 4.74 Å². The second-order valence-corrected chi connectivity index (χ2v) is 3.24. The van der Waals surface area contributed by atoms with Gasteiger partial charge >= 0.3 is 0 Å². The molecule has 2 heteroatoms. The SMILES string of the molecule is CC1Oc2ccccc2CN1C. The maximum Gasteiger partial charge on any atom is 0.149 e. The molecule has 0 aromatic heterocycles. The summed E-state index contributed by atoms with van der Waals surface area (Å²) in [7, 11) is 2.07. The van der Waals surface area contributed by atoms with Crippen LogP contribution in [0.3, 0.4) is 0 Å². The first kappa shape index (κ1) is 7.62. The van der Waals surface area contributed by atoms with E-state index in [0.29, 0.717) is 0 Å². The van der Waals surface area contributed by atoms with Crippen LogP contribution in [0.5, 0.6) is 5.75 Å². The lowest BCUT2D eigenvalue weighted by atomic mass is 10.1. The fourth-order valence-corrected chi connectivity index (χ4v) is 1.42. The minimum absolute atomic E-state index is 0.194. The molecule has 0 saturated heterocycles. The molecule has 1 atom stereocenters. The Bertz CT molecular complexity index is 256. The summed E-state index contributed by atoms with van der Waals surface area (Å²) in [5, 5.41) is 0. The molecular formula is C10H13NO. The van der Waals surface area contributed by atoms with Crippen LogP contribution in [-0.4, -0.2) is 18.2 Å². The van der Waals surface area contributed by atoms with Gasteiger partial charge in [-0.2, -0.15) is 0 Å². The summed E-state index contributed by atoms with van der Waals surface area (Å²) < 4.78 is 5.67. The summed E-state index contributed by atoms with van der Waals surface area (Å²) in [6.45, 7) is 3.05. The number of hydrogen-bond donors (Lipinski definition) is 0. The molecule has 0 spiro atoms. The molecule has 0 fully saturated rings. The zero-order valence-electron chi connectivity index (χ0n) is 7.45. The smallest absolute Gasteiger partial charge is 0.149 e.